The van der Waals surface area contributed by atoms with Crippen LogP contribution in [-0.4, -0.2) is 58.8 Å². The molecule has 4 N–H and O–H groups in total. The van der Waals surface area contributed by atoms with Crippen molar-refractivity contribution in [1.29, 1.82) is 0 Å². The van der Waals surface area contributed by atoms with Crippen molar-refractivity contribution in [3.8, 4) is 0 Å². The van der Waals surface area contributed by atoms with E-state index < -0.39 is 36.2 Å². The zero-order chi connectivity index (χ0) is 20.1. The van der Waals surface area contributed by atoms with Gasteiger partial charge in [0, 0.05) is 26.1 Å². The van der Waals surface area contributed by atoms with Crippen LogP contribution in [0.25, 0.3) is 0 Å². The maximum absolute atomic E-state index is 11.2. The van der Waals surface area contributed by atoms with Gasteiger partial charge in [-0.05, 0) is 17.2 Å². The molecule has 9 nitrogen and oxygen atoms in total. The third-order valence-electron chi connectivity index (χ3n) is 4.47. The van der Waals surface area contributed by atoms with E-state index >= 15 is 0 Å². The molecule has 0 saturated carbocycles. The Labute approximate surface area is 156 Å². The number of benzene rings is 1. The number of aliphatic hydroxyl groups excluding tert-OH is 3. The van der Waals surface area contributed by atoms with Gasteiger partial charge < -0.3 is 30.1 Å². The summed E-state index contributed by atoms with van der Waals surface area (Å²) in [6.45, 7) is 4.78. The van der Waals surface area contributed by atoms with Gasteiger partial charge in [-0.15, -0.1) is 0 Å². The first-order valence-corrected chi connectivity index (χ1v) is 8.43. The SMILES string of the molecule is C=C(O)C1OC(Cc2ccc(COC(C)=O)cc2NC)C(N=O)C(O)C1O. The Morgan fingerprint density at radius 3 is 2.63 bits per heavy atom. The molecular formula is C18H24N2O7. The van der Waals surface area contributed by atoms with E-state index in [0.717, 1.165) is 11.1 Å². The first-order valence-electron chi connectivity index (χ1n) is 8.43. The number of carbonyl (C=O) groups excluding carboxylic acids is 1. The predicted molar refractivity (Wildman–Crippen MR) is 97.2 cm³/mol. The molecule has 1 fully saturated rings. The Balaban J connectivity index is 2.23. The standard InChI is InChI=1S/C18H24N2O7/c1-9(21)18-17(24)16(23)15(20-25)14(27-18)7-12-5-4-11(6-13(12)19-3)8-26-10(2)22/h4-6,14-19,21,23-24H,1,7-8H2,2-3H3. The van der Waals surface area contributed by atoms with Crippen molar-refractivity contribution < 1.29 is 29.6 Å². The summed E-state index contributed by atoms with van der Waals surface area (Å²) in [6, 6.07) is 4.12. The van der Waals surface area contributed by atoms with Crippen molar-refractivity contribution in [2.45, 2.75) is 50.4 Å². The summed E-state index contributed by atoms with van der Waals surface area (Å²) < 4.78 is 10.6. The van der Waals surface area contributed by atoms with E-state index in [1.807, 2.05) is 0 Å². The van der Waals surface area contributed by atoms with E-state index in [9.17, 15) is 25.0 Å². The molecule has 0 aliphatic carbocycles. The molecule has 0 radical (unpaired) electrons. The van der Waals surface area contributed by atoms with Crippen LogP contribution in [0, 0.1) is 4.91 Å². The maximum Gasteiger partial charge on any atom is 0.302 e. The minimum atomic E-state index is -1.50. The molecule has 1 heterocycles. The Hall–Kier alpha value is -2.49. The van der Waals surface area contributed by atoms with Gasteiger partial charge in [-0.25, -0.2) is 0 Å². The van der Waals surface area contributed by atoms with Crippen LogP contribution >= 0.6 is 0 Å². The largest absolute Gasteiger partial charge is 0.510 e. The van der Waals surface area contributed by atoms with Gasteiger partial charge in [-0.2, -0.15) is 4.91 Å². The van der Waals surface area contributed by atoms with E-state index in [-0.39, 0.29) is 19.0 Å². The molecule has 1 aromatic carbocycles. The molecule has 5 unspecified atom stereocenters. The number of nitrogens with one attached hydrogen (secondary N) is 1. The van der Waals surface area contributed by atoms with Crippen LogP contribution in [-0.2, 0) is 27.3 Å². The van der Waals surface area contributed by atoms with E-state index in [4.69, 9.17) is 9.47 Å². The lowest BCUT2D eigenvalue weighted by molar-refractivity contribution is -0.173. The van der Waals surface area contributed by atoms with Gasteiger partial charge >= 0.3 is 5.97 Å². The molecular weight excluding hydrogens is 356 g/mol. The van der Waals surface area contributed by atoms with Gasteiger partial charge in [0.05, 0.1) is 6.10 Å². The minimum absolute atomic E-state index is 0.125. The van der Waals surface area contributed by atoms with Gasteiger partial charge in [0.2, 0.25) is 0 Å². The fourth-order valence-corrected chi connectivity index (χ4v) is 3.05. The number of anilines is 1. The molecule has 148 valence electrons. The highest BCUT2D eigenvalue weighted by atomic mass is 16.5. The van der Waals surface area contributed by atoms with Crippen molar-refractivity contribution in [1.82, 2.24) is 0 Å². The summed E-state index contributed by atoms with van der Waals surface area (Å²) in [5, 5.41) is 35.7. The average molecular weight is 380 g/mol. The first kappa shape index (κ1) is 20.8. The van der Waals surface area contributed by atoms with Crippen molar-refractivity contribution in [3.05, 3.63) is 46.6 Å². The zero-order valence-electron chi connectivity index (χ0n) is 15.2. The monoisotopic (exact) mass is 380 g/mol. The second-order valence-corrected chi connectivity index (χ2v) is 6.39. The fraction of sp³-hybridized carbons (Fsp3) is 0.500. The Bertz CT molecular complexity index is 709. The Morgan fingerprint density at radius 2 is 2.07 bits per heavy atom. The summed E-state index contributed by atoms with van der Waals surface area (Å²) in [7, 11) is 1.71. The lowest BCUT2D eigenvalue weighted by Crippen LogP contribution is -2.57. The number of carbonyl (C=O) groups is 1. The zero-order valence-corrected chi connectivity index (χ0v) is 15.2. The molecule has 2 rings (SSSR count). The minimum Gasteiger partial charge on any atom is -0.510 e. The second-order valence-electron chi connectivity index (χ2n) is 6.39. The molecule has 5 atom stereocenters. The van der Waals surface area contributed by atoms with E-state index in [1.165, 1.54) is 6.92 Å². The highest BCUT2D eigenvalue weighted by molar-refractivity contribution is 5.66. The van der Waals surface area contributed by atoms with E-state index in [0.29, 0.717) is 5.69 Å². The van der Waals surface area contributed by atoms with Crippen LogP contribution < -0.4 is 5.32 Å². The molecule has 1 aliphatic rings. The molecule has 1 aliphatic heterocycles. The quantitative estimate of drug-likeness (QED) is 0.313. The number of hydrogen-bond acceptors (Lipinski definition) is 9. The average Bonchev–Trinajstić information content (AvgIpc) is 2.63. The maximum atomic E-state index is 11.2. The van der Waals surface area contributed by atoms with Crippen LogP contribution in [0.5, 0.6) is 0 Å². The molecule has 0 spiro atoms. The molecule has 0 bridgehead atoms. The summed E-state index contributed by atoms with van der Waals surface area (Å²) in [4.78, 5) is 22.1. The Kier molecular flexibility index (Phi) is 6.89. The number of hydrogen-bond donors (Lipinski definition) is 4. The summed E-state index contributed by atoms with van der Waals surface area (Å²) in [5.74, 6) is -0.829. The van der Waals surface area contributed by atoms with Crippen LogP contribution in [0.3, 0.4) is 0 Å². The van der Waals surface area contributed by atoms with Crippen LogP contribution in [0.2, 0.25) is 0 Å². The van der Waals surface area contributed by atoms with Crippen LogP contribution in [0.1, 0.15) is 18.1 Å². The Morgan fingerprint density at radius 1 is 1.37 bits per heavy atom. The van der Waals surface area contributed by atoms with Crippen molar-refractivity contribution >= 4 is 11.7 Å². The van der Waals surface area contributed by atoms with Crippen LogP contribution in [0.4, 0.5) is 5.69 Å². The van der Waals surface area contributed by atoms with Gasteiger partial charge in [0.1, 0.15) is 36.7 Å². The highest BCUT2D eigenvalue weighted by Crippen LogP contribution is 2.30. The third kappa shape index (κ3) is 4.82. The second kappa shape index (κ2) is 8.94. The summed E-state index contributed by atoms with van der Waals surface area (Å²) in [6.07, 6.45) is -4.90. The fourth-order valence-electron chi connectivity index (χ4n) is 3.05. The number of aliphatic hydroxyl groups is 3. The lowest BCUT2D eigenvalue weighted by atomic mass is 9.89. The number of rotatable bonds is 7. The van der Waals surface area contributed by atoms with E-state index in [2.05, 4.69) is 17.1 Å². The molecule has 9 heteroatoms. The lowest BCUT2D eigenvalue weighted by Gasteiger charge is -2.39. The normalized spacial score (nSPS) is 27.6. The molecule has 0 amide bonds. The van der Waals surface area contributed by atoms with Gasteiger partial charge in [-0.1, -0.05) is 23.9 Å². The number of ether oxygens (including phenoxy) is 2. The number of nitrogens with zero attached hydrogens (tertiary/aromatic N) is 1. The molecule has 1 aromatic rings. The summed E-state index contributed by atoms with van der Waals surface area (Å²) in [5.41, 5.74) is 2.24. The third-order valence-corrected chi connectivity index (χ3v) is 4.47. The van der Waals surface area contributed by atoms with Crippen molar-refractivity contribution in [2.75, 3.05) is 12.4 Å². The van der Waals surface area contributed by atoms with Gasteiger partial charge in [0.25, 0.3) is 0 Å². The number of esters is 1. The topological polar surface area (TPSA) is 138 Å². The molecule has 27 heavy (non-hydrogen) atoms. The van der Waals surface area contributed by atoms with Crippen molar-refractivity contribution in [3.63, 3.8) is 0 Å². The smallest absolute Gasteiger partial charge is 0.302 e. The first-order chi connectivity index (χ1) is 12.8. The molecule has 0 aromatic heterocycles. The van der Waals surface area contributed by atoms with Gasteiger partial charge in [0.15, 0.2) is 0 Å². The van der Waals surface area contributed by atoms with Crippen LogP contribution in [0.15, 0.2) is 35.7 Å². The summed E-state index contributed by atoms with van der Waals surface area (Å²) >= 11 is 0. The van der Waals surface area contributed by atoms with Crippen molar-refractivity contribution in [2.24, 2.45) is 5.18 Å². The van der Waals surface area contributed by atoms with Gasteiger partial charge in [-0.3, -0.25) is 4.79 Å². The van der Waals surface area contributed by atoms with E-state index in [1.54, 1.807) is 25.2 Å². The number of nitroso groups, excluding NO2 is 1. The highest BCUT2D eigenvalue weighted by Gasteiger charge is 2.46. The predicted octanol–water partition coefficient (Wildman–Crippen LogP) is 1.03. The molecule has 1 saturated heterocycles.